The number of benzene rings is 1. The van der Waals surface area contributed by atoms with Crippen LogP contribution in [0.4, 0.5) is 0 Å². The summed E-state index contributed by atoms with van der Waals surface area (Å²) in [4.78, 5) is 3.34. The van der Waals surface area contributed by atoms with Gasteiger partial charge in [0.25, 0.3) is 0 Å². The largest absolute Gasteiger partial charge is 0.357 e. The van der Waals surface area contributed by atoms with Gasteiger partial charge in [-0.1, -0.05) is 15.9 Å². The zero-order valence-corrected chi connectivity index (χ0v) is 10.2. The summed E-state index contributed by atoms with van der Waals surface area (Å²) in [5.41, 5.74) is 2.41. The molecule has 0 unspecified atom stereocenters. The maximum atomic E-state index is 3.45. The Balaban J connectivity index is 0.000000980. The maximum Gasteiger partial charge on any atom is 0.0457 e. The van der Waals surface area contributed by atoms with Crippen molar-refractivity contribution in [3.8, 4) is 0 Å². The summed E-state index contributed by atoms with van der Waals surface area (Å²) in [6.07, 6.45) is 0. The lowest BCUT2D eigenvalue weighted by Gasteiger charge is -1.91. The molecule has 1 heterocycles. The molecular formula is C10H12BrClN2. The van der Waals surface area contributed by atoms with E-state index in [0.29, 0.717) is 0 Å². The molecule has 0 atom stereocenters. The number of fused-ring (bicyclic) bond motifs is 1. The zero-order valence-electron chi connectivity index (χ0n) is 7.80. The highest BCUT2D eigenvalue weighted by Gasteiger charge is 1.99. The molecule has 76 valence electrons. The van der Waals surface area contributed by atoms with E-state index in [4.69, 9.17) is 0 Å². The number of H-pyrrole nitrogens is 1. The van der Waals surface area contributed by atoms with Gasteiger partial charge in [-0.25, -0.2) is 0 Å². The van der Waals surface area contributed by atoms with Gasteiger partial charge in [0.2, 0.25) is 0 Å². The molecule has 2 aromatic rings. The fourth-order valence-electron chi connectivity index (χ4n) is 1.45. The van der Waals surface area contributed by atoms with Gasteiger partial charge in [0.05, 0.1) is 0 Å². The fraction of sp³-hybridized carbons (Fsp3) is 0.200. The highest BCUT2D eigenvalue weighted by Crippen LogP contribution is 2.20. The van der Waals surface area contributed by atoms with Crippen molar-refractivity contribution in [2.75, 3.05) is 7.05 Å². The third-order valence-electron chi connectivity index (χ3n) is 2.01. The lowest BCUT2D eigenvalue weighted by atomic mass is 10.2. The molecule has 0 aliphatic heterocycles. The van der Waals surface area contributed by atoms with Crippen LogP contribution < -0.4 is 5.32 Å². The summed E-state index contributed by atoms with van der Waals surface area (Å²) in [6, 6.07) is 8.40. The Kier molecular flexibility index (Phi) is 3.98. The number of nitrogens with one attached hydrogen (secondary N) is 2. The number of hydrogen-bond donors (Lipinski definition) is 2. The van der Waals surface area contributed by atoms with Gasteiger partial charge < -0.3 is 10.3 Å². The monoisotopic (exact) mass is 274 g/mol. The minimum absolute atomic E-state index is 0. The lowest BCUT2D eigenvalue weighted by Crippen LogP contribution is -2.04. The molecule has 0 radical (unpaired) electrons. The normalized spacial score (nSPS) is 10.1. The number of rotatable bonds is 2. The Morgan fingerprint density at radius 3 is 2.86 bits per heavy atom. The molecule has 0 amide bonds. The predicted molar refractivity (Wildman–Crippen MR) is 66.0 cm³/mol. The number of halogens is 2. The quantitative estimate of drug-likeness (QED) is 0.866. The molecule has 0 aliphatic rings. The van der Waals surface area contributed by atoms with Crippen molar-refractivity contribution in [3.63, 3.8) is 0 Å². The van der Waals surface area contributed by atoms with Gasteiger partial charge in [0.15, 0.2) is 0 Å². The number of aromatic amines is 1. The summed E-state index contributed by atoms with van der Waals surface area (Å²) in [5.74, 6) is 0. The van der Waals surface area contributed by atoms with Crippen LogP contribution in [0.25, 0.3) is 10.9 Å². The molecule has 0 saturated heterocycles. The summed E-state index contributed by atoms with van der Waals surface area (Å²) in [5, 5.41) is 4.37. The van der Waals surface area contributed by atoms with Crippen molar-refractivity contribution in [1.29, 1.82) is 0 Å². The molecule has 4 heteroatoms. The van der Waals surface area contributed by atoms with Crippen LogP contribution in [0.1, 0.15) is 5.69 Å². The van der Waals surface area contributed by atoms with Gasteiger partial charge in [-0.3, -0.25) is 0 Å². The Morgan fingerprint density at radius 1 is 1.36 bits per heavy atom. The number of hydrogen-bond acceptors (Lipinski definition) is 1. The summed E-state index contributed by atoms with van der Waals surface area (Å²) < 4.78 is 1.12. The SMILES string of the molecule is CNCc1cc2cc(Br)ccc2[nH]1.Cl. The van der Waals surface area contributed by atoms with Crippen molar-refractivity contribution in [1.82, 2.24) is 10.3 Å². The Bertz CT molecular complexity index is 425. The highest BCUT2D eigenvalue weighted by atomic mass is 79.9. The average Bonchev–Trinajstić information content (AvgIpc) is 2.46. The maximum absolute atomic E-state index is 3.45. The molecule has 14 heavy (non-hydrogen) atoms. The second kappa shape index (κ2) is 4.82. The van der Waals surface area contributed by atoms with Crippen molar-refractivity contribution in [2.24, 2.45) is 0 Å². The van der Waals surface area contributed by atoms with E-state index in [1.807, 2.05) is 13.1 Å². The Labute approximate surface area is 97.6 Å². The van der Waals surface area contributed by atoms with Crippen LogP contribution in [-0.2, 0) is 6.54 Å². The second-order valence-electron chi connectivity index (χ2n) is 3.06. The average molecular weight is 276 g/mol. The molecule has 0 saturated carbocycles. The van der Waals surface area contributed by atoms with Crippen LogP contribution in [0.3, 0.4) is 0 Å². The first-order valence-electron chi connectivity index (χ1n) is 4.21. The van der Waals surface area contributed by atoms with E-state index < -0.39 is 0 Å². The van der Waals surface area contributed by atoms with Crippen molar-refractivity contribution >= 4 is 39.2 Å². The fourth-order valence-corrected chi connectivity index (χ4v) is 1.83. The van der Waals surface area contributed by atoms with Gasteiger partial charge in [-0.05, 0) is 31.3 Å². The molecule has 0 aliphatic carbocycles. The van der Waals surface area contributed by atoms with Gasteiger partial charge in [-0.2, -0.15) is 0 Å². The summed E-state index contributed by atoms with van der Waals surface area (Å²) in [7, 11) is 1.95. The molecule has 0 fully saturated rings. The number of aromatic nitrogens is 1. The highest BCUT2D eigenvalue weighted by molar-refractivity contribution is 9.10. The van der Waals surface area contributed by atoms with E-state index >= 15 is 0 Å². The van der Waals surface area contributed by atoms with Gasteiger partial charge in [-0.15, -0.1) is 12.4 Å². The Hall–Kier alpha value is -0.510. The van der Waals surface area contributed by atoms with E-state index in [1.165, 1.54) is 16.6 Å². The standard InChI is InChI=1S/C10H11BrN2.ClH/c1-12-6-9-5-7-4-8(11)2-3-10(7)13-9;/h2-5,12-13H,6H2,1H3;1H. The third-order valence-corrected chi connectivity index (χ3v) is 2.50. The van der Waals surface area contributed by atoms with Gasteiger partial charge >= 0.3 is 0 Å². The van der Waals surface area contributed by atoms with Crippen LogP contribution in [-0.4, -0.2) is 12.0 Å². The van der Waals surface area contributed by atoms with Gasteiger partial charge in [0.1, 0.15) is 0 Å². The van der Waals surface area contributed by atoms with E-state index in [1.54, 1.807) is 0 Å². The lowest BCUT2D eigenvalue weighted by molar-refractivity contribution is 0.800. The zero-order chi connectivity index (χ0) is 9.26. The smallest absolute Gasteiger partial charge is 0.0457 e. The molecule has 1 aromatic carbocycles. The van der Waals surface area contributed by atoms with Crippen molar-refractivity contribution in [2.45, 2.75) is 6.54 Å². The first-order valence-corrected chi connectivity index (χ1v) is 5.00. The van der Waals surface area contributed by atoms with E-state index in [0.717, 1.165) is 11.0 Å². The molecule has 2 rings (SSSR count). The van der Waals surface area contributed by atoms with Crippen LogP contribution >= 0.6 is 28.3 Å². The van der Waals surface area contributed by atoms with E-state index in [-0.39, 0.29) is 12.4 Å². The minimum atomic E-state index is 0. The third kappa shape index (κ3) is 2.29. The molecule has 0 spiro atoms. The minimum Gasteiger partial charge on any atom is -0.357 e. The van der Waals surface area contributed by atoms with Crippen LogP contribution in [0.5, 0.6) is 0 Å². The molecule has 2 N–H and O–H groups in total. The van der Waals surface area contributed by atoms with Crippen LogP contribution in [0.2, 0.25) is 0 Å². The van der Waals surface area contributed by atoms with Crippen LogP contribution in [0.15, 0.2) is 28.7 Å². The van der Waals surface area contributed by atoms with Gasteiger partial charge in [0, 0.05) is 27.6 Å². The molecule has 0 bridgehead atoms. The summed E-state index contributed by atoms with van der Waals surface area (Å²) in [6.45, 7) is 0.881. The molecular weight excluding hydrogens is 263 g/mol. The van der Waals surface area contributed by atoms with E-state index in [2.05, 4.69) is 44.4 Å². The van der Waals surface area contributed by atoms with E-state index in [9.17, 15) is 0 Å². The second-order valence-corrected chi connectivity index (χ2v) is 3.97. The van der Waals surface area contributed by atoms with Crippen molar-refractivity contribution in [3.05, 3.63) is 34.4 Å². The van der Waals surface area contributed by atoms with Crippen molar-refractivity contribution < 1.29 is 0 Å². The van der Waals surface area contributed by atoms with Crippen LogP contribution in [0, 0.1) is 0 Å². The molecule has 2 nitrogen and oxygen atoms in total. The first kappa shape index (κ1) is 11.6. The first-order chi connectivity index (χ1) is 6.29. The predicted octanol–water partition coefficient (Wildman–Crippen LogP) is 3.07. The Morgan fingerprint density at radius 2 is 2.14 bits per heavy atom. The molecule has 1 aromatic heterocycles. The summed E-state index contributed by atoms with van der Waals surface area (Å²) >= 11 is 3.45. The topological polar surface area (TPSA) is 27.8 Å².